The summed E-state index contributed by atoms with van der Waals surface area (Å²) in [6, 6.07) is 3.88. The molecule has 2 rings (SSSR count). The van der Waals surface area contributed by atoms with Crippen molar-refractivity contribution < 1.29 is 4.79 Å². The molecule has 2 aromatic rings. The molecule has 0 bridgehead atoms. The number of carbonyl (C=O) groups excluding carboxylic acids is 1. The lowest BCUT2D eigenvalue weighted by Gasteiger charge is -2.11. The Kier molecular flexibility index (Phi) is 4.25. The number of amides is 1. The number of pyridine rings is 1. The Hall–Kier alpha value is -2.21. The van der Waals surface area contributed by atoms with Crippen LogP contribution in [0.5, 0.6) is 0 Å². The number of carbonyl (C=O) groups is 1. The lowest BCUT2D eigenvalue weighted by molar-refractivity contribution is -0.118. The number of primary amides is 1. The number of rotatable bonds is 6. The van der Waals surface area contributed by atoms with E-state index in [4.69, 9.17) is 5.73 Å². The van der Waals surface area contributed by atoms with Crippen LogP contribution in [0.15, 0.2) is 30.7 Å². The van der Waals surface area contributed by atoms with Crippen molar-refractivity contribution in [3.63, 3.8) is 0 Å². The molecule has 0 aliphatic rings. The number of hydrogen-bond acceptors (Lipinski definition) is 4. The van der Waals surface area contributed by atoms with Crippen LogP contribution in [0.3, 0.4) is 0 Å². The Morgan fingerprint density at radius 2 is 2.37 bits per heavy atom. The van der Waals surface area contributed by atoms with E-state index in [2.05, 4.69) is 20.5 Å². The van der Waals surface area contributed by atoms with E-state index in [1.807, 2.05) is 19.1 Å². The summed E-state index contributed by atoms with van der Waals surface area (Å²) in [6.07, 6.45) is 5.60. The fourth-order valence-electron chi connectivity index (χ4n) is 1.86. The van der Waals surface area contributed by atoms with Gasteiger partial charge in [-0.25, -0.2) is 0 Å². The summed E-state index contributed by atoms with van der Waals surface area (Å²) in [6.45, 7) is 2.55. The van der Waals surface area contributed by atoms with Crippen molar-refractivity contribution in [3.05, 3.63) is 36.3 Å². The topological polar surface area (TPSA) is 96.7 Å². The maximum Gasteiger partial charge on any atom is 0.218 e. The van der Waals surface area contributed by atoms with Gasteiger partial charge in [-0.1, -0.05) is 0 Å². The number of hydrogen-bond donors (Lipinski definition) is 3. The Bertz CT molecular complexity index is 537. The molecule has 2 heterocycles. The van der Waals surface area contributed by atoms with Crippen LogP contribution in [-0.2, 0) is 11.3 Å². The van der Waals surface area contributed by atoms with Crippen LogP contribution in [0.4, 0.5) is 0 Å². The summed E-state index contributed by atoms with van der Waals surface area (Å²) >= 11 is 0. The van der Waals surface area contributed by atoms with Crippen LogP contribution in [-0.4, -0.2) is 27.1 Å². The summed E-state index contributed by atoms with van der Waals surface area (Å²) in [5, 5.41) is 10.3. The second-order valence-corrected chi connectivity index (χ2v) is 4.46. The van der Waals surface area contributed by atoms with E-state index >= 15 is 0 Å². The molecule has 0 aliphatic heterocycles. The third-order valence-electron chi connectivity index (χ3n) is 2.82. The molecule has 6 nitrogen and oxygen atoms in total. The third kappa shape index (κ3) is 3.62. The second kappa shape index (κ2) is 6.10. The van der Waals surface area contributed by atoms with Gasteiger partial charge in [0.25, 0.3) is 0 Å². The Morgan fingerprint density at radius 1 is 1.53 bits per heavy atom. The minimum atomic E-state index is -0.306. The first-order valence-corrected chi connectivity index (χ1v) is 6.11. The predicted molar refractivity (Wildman–Crippen MR) is 71.9 cm³/mol. The van der Waals surface area contributed by atoms with Crippen molar-refractivity contribution in [1.29, 1.82) is 0 Å². The van der Waals surface area contributed by atoms with Gasteiger partial charge < -0.3 is 11.1 Å². The highest BCUT2D eigenvalue weighted by atomic mass is 16.1. The van der Waals surface area contributed by atoms with Crippen LogP contribution in [0.2, 0.25) is 0 Å². The molecule has 0 aromatic carbocycles. The molecule has 0 saturated carbocycles. The molecule has 0 radical (unpaired) electrons. The first-order valence-electron chi connectivity index (χ1n) is 6.11. The lowest BCUT2D eigenvalue weighted by atomic mass is 10.1. The predicted octanol–water partition coefficient (Wildman–Crippen LogP) is 0.825. The highest BCUT2D eigenvalue weighted by Gasteiger charge is 2.10. The van der Waals surface area contributed by atoms with Gasteiger partial charge in [-0.3, -0.25) is 14.9 Å². The molecule has 1 unspecified atom stereocenters. The fraction of sp³-hybridized carbons (Fsp3) is 0.308. The van der Waals surface area contributed by atoms with E-state index in [-0.39, 0.29) is 11.9 Å². The molecule has 100 valence electrons. The molecule has 0 fully saturated rings. The zero-order valence-electron chi connectivity index (χ0n) is 10.8. The standard InChI is InChI=1S/C13H17N5O/c1-9(5-12(14)19)16-7-11-8-17-18-13(11)10-3-2-4-15-6-10/h2-4,6,8-9,16H,5,7H2,1H3,(H2,14,19)(H,17,18). The number of nitrogens with one attached hydrogen (secondary N) is 2. The van der Waals surface area contributed by atoms with Gasteiger partial charge in [0.2, 0.25) is 5.91 Å². The molecule has 0 aliphatic carbocycles. The van der Waals surface area contributed by atoms with E-state index in [1.54, 1.807) is 18.6 Å². The normalized spacial score (nSPS) is 12.3. The molecule has 1 amide bonds. The van der Waals surface area contributed by atoms with E-state index in [1.165, 1.54) is 0 Å². The van der Waals surface area contributed by atoms with Gasteiger partial charge in [0.15, 0.2) is 0 Å². The van der Waals surface area contributed by atoms with Crippen LogP contribution in [0.1, 0.15) is 18.9 Å². The van der Waals surface area contributed by atoms with Crippen molar-refractivity contribution in [2.24, 2.45) is 5.73 Å². The average Bonchev–Trinajstić information content (AvgIpc) is 2.85. The lowest BCUT2D eigenvalue weighted by Crippen LogP contribution is -2.30. The van der Waals surface area contributed by atoms with Crippen LogP contribution in [0.25, 0.3) is 11.3 Å². The molecule has 0 spiro atoms. The van der Waals surface area contributed by atoms with Crippen molar-refractivity contribution in [2.45, 2.75) is 25.9 Å². The maximum atomic E-state index is 10.8. The van der Waals surface area contributed by atoms with Crippen LogP contribution < -0.4 is 11.1 Å². The van der Waals surface area contributed by atoms with Crippen LogP contribution >= 0.6 is 0 Å². The average molecular weight is 259 g/mol. The van der Waals surface area contributed by atoms with Gasteiger partial charge in [0, 0.05) is 42.5 Å². The molecule has 4 N–H and O–H groups in total. The fourth-order valence-corrected chi connectivity index (χ4v) is 1.86. The highest BCUT2D eigenvalue weighted by molar-refractivity contribution is 5.74. The number of nitrogens with two attached hydrogens (primary N) is 1. The van der Waals surface area contributed by atoms with Gasteiger partial charge >= 0.3 is 0 Å². The summed E-state index contributed by atoms with van der Waals surface area (Å²) < 4.78 is 0. The molecular formula is C13H17N5O. The molecule has 19 heavy (non-hydrogen) atoms. The smallest absolute Gasteiger partial charge is 0.218 e. The molecular weight excluding hydrogens is 242 g/mol. The van der Waals surface area contributed by atoms with Crippen molar-refractivity contribution in [3.8, 4) is 11.3 Å². The Labute approximate surface area is 111 Å². The van der Waals surface area contributed by atoms with Gasteiger partial charge in [-0.05, 0) is 19.1 Å². The van der Waals surface area contributed by atoms with Gasteiger partial charge in [-0.2, -0.15) is 5.10 Å². The first-order chi connectivity index (χ1) is 9.16. The van der Waals surface area contributed by atoms with E-state index in [9.17, 15) is 4.79 Å². The third-order valence-corrected chi connectivity index (χ3v) is 2.82. The van der Waals surface area contributed by atoms with Crippen molar-refractivity contribution in [1.82, 2.24) is 20.5 Å². The molecule has 1 atom stereocenters. The monoisotopic (exact) mass is 259 g/mol. The number of H-pyrrole nitrogens is 1. The molecule has 0 saturated heterocycles. The summed E-state index contributed by atoms with van der Waals surface area (Å²) in [4.78, 5) is 14.9. The van der Waals surface area contributed by atoms with Crippen molar-refractivity contribution in [2.75, 3.05) is 0 Å². The zero-order valence-corrected chi connectivity index (χ0v) is 10.8. The Morgan fingerprint density at radius 3 is 3.05 bits per heavy atom. The minimum absolute atomic E-state index is 0.0362. The largest absolute Gasteiger partial charge is 0.370 e. The summed E-state index contributed by atoms with van der Waals surface area (Å²) in [7, 11) is 0. The van der Waals surface area contributed by atoms with Crippen molar-refractivity contribution >= 4 is 5.91 Å². The van der Waals surface area contributed by atoms with E-state index < -0.39 is 0 Å². The maximum absolute atomic E-state index is 10.8. The summed E-state index contributed by atoms with van der Waals surface area (Å²) in [5.74, 6) is -0.306. The Balaban J connectivity index is 2.03. The number of nitrogens with zero attached hydrogens (tertiary/aromatic N) is 2. The SMILES string of the molecule is CC(CC(N)=O)NCc1cn[nH]c1-c1cccnc1. The molecule has 2 aromatic heterocycles. The van der Waals surface area contributed by atoms with E-state index in [0.29, 0.717) is 13.0 Å². The first kappa shape index (κ1) is 13.2. The zero-order chi connectivity index (χ0) is 13.7. The quantitative estimate of drug-likeness (QED) is 0.715. The number of aromatic nitrogens is 3. The van der Waals surface area contributed by atoms with Gasteiger partial charge in [0.1, 0.15) is 0 Å². The molecule has 6 heteroatoms. The van der Waals surface area contributed by atoms with Gasteiger partial charge in [-0.15, -0.1) is 0 Å². The minimum Gasteiger partial charge on any atom is -0.370 e. The number of aromatic amines is 1. The van der Waals surface area contributed by atoms with E-state index in [0.717, 1.165) is 16.8 Å². The highest BCUT2D eigenvalue weighted by Crippen LogP contribution is 2.19. The summed E-state index contributed by atoms with van der Waals surface area (Å²) in [5.41, 5.74) is 8.11. The second-order valence-electron chi connectivity index (χ2n) is 4.46. The van der Waals surface area contributed by atoms with Crippen LogP contribution in [0, 0.1) is 0 Å². The van der Waals surface area contributed by atoms with Gasteiger partial charge in [0.05, 0.1) is 11.9 Å².